The Morgan fingerprint density at radius 3 is 2.26 bits per heavy atom. The average molecular weight is 274 g/mol. The topological polar surface area (TPSA) is 44.8 Å². The Hall–Kier alpha value is -0.610. The third-order valence-electron chi connectivity index (χ3n) is 2.94. The molecule has 114 valence electrons. The van der Waals surface area contributed by atoms with Gasteiger partial charge in [0, 0.05) is 19.3 Å². The van der Waals surface area contributed by atoms with Gasteiger partial charge < -0.3 is 14.2 Å². The van der Waals surface area contributed by atoms with Crippen LogP contribution in [0.1, 0.15) is 66.2 Å². The van der Waals surface area contributed by atoms with Gasteiger partial charge >= 0.3 is 5.97 Å². The fourth-order valence-electron chi connectivity index (χ4n) is 2.19. The molecule has 19 heavy (non-hydrogen) atoms. The lowest BCUT2D eigenvalue weighted by molar-refractivity contribution is -0.168. The number of carbonyl (C=O) groups is 1. The minimum Gasteiger partial charge on any atom is -0.466 e. The number of carbonyl (C=O) groups excluding carboxylic acids is 1. The molecule has 0 radical (unpaired) electrons. The Bertz CT molecular complexity index is 222. The van der Waals surface area contributed by atoms with Crippen molar-refractivity contribution < 1.29 is 19.0 Å². The van der Waals surface area contributed by atoms with Crippen molar-refractivity contribution in [2.24, 2.45) is 0 Å². The van der Waals surface area contributed by atoms with E-state index in [-0.39, 0.29) is 11.8 Å². The molecule has 1 heterocycles. The highest BCUT2D eigenvalue weighted by Gasteiger charge is 2.34. The molecule has 1 aliphatic heterocycles. The second-order valence-electron chi connectivity index (χ2n) is 4.37. The van der Waals surface area contributed by atoms with Crippen LogP contribution in [0.25, 0.3) is 0 Å². The van der Waals surface area contributed by atoms with Gasteiger partial charge in [0.25, 0.3) is 0 Å². The van der Waals surface area contributed by atoms with Crippen molar-refractivity contribution in [1.82, 2.24) is 0 Å². The summed E-state index contributed by atoms with van der Waals surface area (Å²) in [5.41, 5.74) is 0. The zero-order chi connectivity index (χ0) is 14.6. The minimum absolute atomic E-state index is 0.106. The molecule has 1 rings (SSSR count). The van der Waals surface area contributed by atoms with E-state index in [2.05, 4.69) is 6.92 Å². The van der Waals surface area contributed by atoms with Crippen LogP contribution >= 0.6 is 0 Å². The standard InChI is InChI=1S/C13H24O4.C2H6/c1-3-8-13(16-10-11-17-13)9-6-5-7-12(14)15-4-2;1-2/h3-11H2,1-2H3;1-2H3. The predicted octanol–water partition coefficient (Wildman–Crippen LogP) is 3.68. The molecule has 0 aromatic rings. The Kier molecular flexibility index (Phi) is 10.9. The van der Waals surface area contributed by atoms with Crippen LogP contribution in [0, 0.1) is 0 Å². The van der Waals surface area contributed by atoms with Crippen LogP contribution in [-0.2, 0) is 19.0 Å². The molecule has 4 heteroatoms. The molecular weight excluding hydrogens is 244 g/mol. The van der Waals surface area contributed by atoms with Gasteiger partial charge in [-0.05, 0) is 19.8 Å². The van der Waals surface area contributed by atoms with Gasteiger partial charge in [0.1, 0.15) is 0 Å². The van der Waals surface area contributed by atoms with E-state index >= 15 is 0 Å². The van der Waals surface area contributed by atoms with Crippen LogP contribution in [0.15, 0.2) is 0 Å². The maximum Gasteiger partial charge on any atom is 0.305 e. The van der Waals surface area contributed by atoms with Crippen molar-refractivity contribution in [1.29, 1.82) is 0 Å². The smallest absolute Gasteiger partial charge is 0.305 e. The highest BCUT2D eigenvalue weighted by atomic mass is 16.7. The Morgan fingerprint density at radius 1 is 1.11 bits per heavy atom. The molecule has 0 atom stereocenters. The molecule has 1 aliphatic rings. The molecule has 0 unspecified atom stereocenters. The monoisotopic (exact) mass is 274 g/mol. The Morgan fingerprint density at radius 2 is 1.74 bits per heavy atom. The predicted molar refractivity (Wildman–Crippen MR) is 76.0 cm³/mol. The van der Waals surface area contributed by atoms with E-state index in [1.165, 1.54) is 0 Å². The number of unbranched alkanes of at least 4 members (excludes halogenated alkanes) is 1. The van der Waals surface area contributed by atoms with Crippen LogP contribution in [-0.4, -0.2) is 31.6 Å². The minimum atomic E-state index is -0.372. The molecule has 0 saturated carbocycles. The molecule has 4 nitrogen and oxygen atoms in total. The number of esters is 1. The van der Waals surface area contributed by atoms with Crippen LogP contribution < -0.4 is 0 Å². The van der Waals surface area contributed by atoms with Gasteiger partial charge in [0.05, 0.1) is 19.8 Å². The molecule has 1 saturated heterocycles. The summed E-state index contributed by atoms with van der Waals surface area (Å²) in [6.07, 6.45) is 5.15. The first-order valence-corrected chi connectivity index (χ1v) is 7.66. The highest BCUT2D eigenvalue weighted by molar-refractivity contribution is 5.69. The van der Waals surface area contributed by atoms with E-state index < -0.39 is 0 Å². The number of rotatable bonds is 8. The van der Waals surface area contributed by atoms with Crippen LogP contribution in [0.3, 0.4) is 0 Å². The van der Waals surface area contributed by atoms with E-state index in [9.17, 15) is 4.79 Å². The van der Waals surface area contributed by atoms with Gasteiger partial charge in [0.2, 0.25) is 0 Å². The molecule has 0 bridgehead atoms. The van der Waals surface area contributed by atoms with Crippen molar-refractivity contribution in [3.63, 3.8) is 0 Å². The summed E-state index contributed by atoms with van der Waals surface area (Å²) in [5, 5.41) is 0. The maximum absolute atomic E-state index is 11.2. The number of hydrogen-bond donors (Lipinski definition) is 0. The van der Waals surface area contributed by atoms with Crippen molar-refractivity contribution in [2.75, 3.05) is 19.8 Å². The fraction of sp³-hybridized carbons (Fsp3) is 0.933. The summed E-state index contributed by atoms with van der Waals surface area (Å²) < 4.78 is 16.3. The van der Waals surface area contributed by atoms with Gasteiger partial charge in [-0.25, -0.2) is 0 Å². The lowest BCUT2D eigenvalue weighted by Crippen LogP contribution is -2.29. The average Bonchev–Trinajstić information content (AvgIpc) is 2.87. The molecule has 1 fully saturated rings. The molecule has 0 N–H and O–H groups in total. The summed E-state index contributed by atoms with van der Waals surface area (Å²) >= 11 is 0. The highest BCUT2D eigenvalue weighted by Crippen LogP contribution is 2.30. The van der Waals surface area contributed by atoms with E-state index in [4.69, 9.17) is 14.2 Å². The maximum atomic E-state index is 11.2. The summed E-state index contributed by atoms with van der Waals surface area (Å²) in [6.45, 7) is 9.81. The third kappa shape index (κ3) is 7.53. The van der Waals surface area contributed by atoms with Crippen molar-refractivity contribution >= 4 is 5.97 Å². The lowest BCUT2D eigenvalue weighted by Gasteiger charge is -2.26. The summed E-state index contributed by atoms with van der Waals surface area (Å²) in [7, 11) is 0. The van der Waals surface area contributed by atoms with E-state index in [1.54, 1.807) is 0 Å². The zero-order valence-electron chi connectivity index (χ0n) is 13.0. The van der Waals surface area contributed by atoms with Crippen molar-refractivity contribution in [3.8, 4) is 0 Å². The van der Waals surface area contributed by atoms with Gasteiger partial charge in [-0.3, -0.25) is 4.79 Å². The Balaban J connectivity index is 0.00000154. The van der Waals surface area contributed by atoms with Crippen LogP contribution in [0.4, 0.5) is 0 Å². The van der Waals surface area contributed by atoms with Gasteiger partial charge in [-0.1, -0.05) is 27.2 Å². The van der Waals surface area contributed by atoms with E-state index in [0.717, 1.165) is 32.1 Å². The molecule has 0 aliphatic carbocycles. The van der Waals surface area contributed by atoms with Gasteiger partial charge in [0.15, 0.2) is 5.79 Å². The van der Waals surface area contributed by atoms with E-state index in [1.807, 2.05) is 20.8 Å². The normalized spacial score (nSPS) is 16.6. The molecule has 0 amide bonds. The van der Waals surface area contributed by atoms with Crippen LogP contribution in [0.2, 0.25) is 0 Å². The second kappa shape index (κ2) is 11.2. The largest absolute Gasteiger partial charge is 0.466 e. The number of hydrogen-bond acceptors (Lipinski definition) is 4. The Labute approximate surface area is 117 Å². The first kappa shape index (κ1) is 18.4. The first-order valence-electron chi connectivity index (χ1n) is 7.66. The van der Waals surface area contributed by atoms with Crippen molar-refractivity contribution in [2.45, 2.75) is 72.0 Å². The summed E-state index contributed by atoms with van der Waals surface area (Å²) in [6, 6.07) is 0. The zero-order valence-corrected chi connectivity index (χ0v) is 13.0. The first-order chi connectivity index (χ1) is 9.22. The van der Waals surface area contributed by atoms with Crippen molar-refractivity contribution in [3.05, 3.63) is 0 Å². The molecule has 0 spiro atoms. The molecule has 0 aromatic heterocycles. The van der Waals surface area contributed by atoms with Crippen LogP contribution in [0.5, 0.6) is 0 Å². The molecule has 0 aromatic carbocycles. The second-order valence-corrected chi connectivity index (χ2v) is 4.37. The summed E-state index contributed by atoms with van der Waals surface area (Å²) in [4.78, 5) is 11.2. The van der Waals surface area contributed by atoms with Gasteiger partial charge in [-0.15, -0.1) is 0 Å². The quantitative estimate of drug-likeness (QED) is 0.500. The van der Waals surface area contributed by atoms with E-state index in [0.29, 0.717) is 26.2 Å². The third-order valence-corrected chi connectivity index (χ3v) is 2.94. The summed E-state index contributed by atoms with van der Waals surface area (Å²) in [5.74, 6) is -0.478. The number of ether oxygens (including phenoxy) is 3. The van der Waals surface area contributed by atoms with Gasteiger partial charge in [-0.2, -0.15) is 0 Å². The fourth-order valence-corrected chi connectivity index (χ4v) is 2.19. The SMILES string of the molecule is CC.CCCC1(CCCCC(=O)OCC)OCCO1. The lowest BCUT2D eigenvalue weighted by atomic mass is 10.0. The molecular formula is C15H30O4.